The molecule has 0 aliphatic rings. The molecule has 0 fully saturated rings. The second-order valence-corrected chi connectivity index (χ2v) is 16.0. The number of rotatable bonds is 10. The summed E-state index contributed by atoms with van der Waals surface area (Å²) in [7, 11) is -5.92. The summed E-state index contributed by atoms with van der Waals surface area (Å²) >= 11 is 0. The SMILES string of the molecule is CC(C)C/C=C(\C(CCc1ccccc1)S(=O)(=O)c1ccccn1)[Si](C)(C)c1ccccc1. The molecular weight excluding hydrogens is 442 g/mol. The fourth-order valence-electron chi connectivity index (χ4n) is 4.25. The molecule has 0 aliphatic heterocycles. The first-order valence-corrected chi connectivity index (χ1v) is 16.2. The molecule has 0 saturated carbocycles. The summed E-state index contributed by atoms with van der Waals surface area (Å²) in [5.41, 5.74) is 1.15. The van der Waals surface area contributed by atoms with Gasteiger partial charge < -0.3 is 0 Å². The fourth-order valence-corrected chi connectivity index (χ4v) is 10.2. The van der Waals surface area contributed by atoms with Crippen LogP contribution < -0.4 is 5.19 Å². The Morgan fingerprint density at radius 1 is 0.909 bits per heavy atom. The summed E-state index contributed by atoms with van der Waals surface area (Å²) in [5.74, 6) is 0.452. The molecule has 5 heteroatoms. The Morgan fingerprint density at radius 2 is 1.52 bits per heavy atom. The minimum atomic E-state index is -3.65. The maximum Gasteiger partial charge on any atom is 0.201 e. The molecule has 0 spiro atoms. The number of hydrogen-bond donors (Lipinski definition) is 0. The zero-order valence-electron chi connectivity index (χ0n) is 20.1. The predicted octanol–water partition coefficient (Wildman–Crippen LogP) is 5.98. The quantitative estimate of drug-likeness (QED) is 0.337. The molecule has 3 aromatic rings. The van der Waals surface area contributed by atoms with Crippen molar-refractivity contribution in [2.24, 2.45) is 5.92 Å². The summed E-state index contributed by atoms with van der Waals surface area (Å²) in [6.07, 6.45) is 5.91. The van der Waals surface area contributed by atoms with Gasteiger partial charge in [-0.3, -0.25) is 0 Å². The van der Waals surface area contributed by atoms with Crippen LogP contribution in [0.4, 0.5) is 0 Å². The molecule has 0 bridgehead atoms. The van der Waals surface area contributed by atoms with Crippen LogP contribution in [-0.2, 0) is 16.3 Å². The Labute approximate surface area is 200 Å². The standard InChI is InChI=1S/C28H35NO2SSi/c1-23(2)18-21-27(33(3,4)25-15-9-6-10-16-25)26(20-19-24-13-7-5-8-14-24)32(30,31)28-17-11-12-22-29-28/h5-17,21-23,26H,18-20H2,1-4H3/b27-21+. The molecule has 0 amide bonds. The van der Waals surface area contributed by atoms with Crippen LogP contribution in [-0.4, -0.2) is 26.7 Å². The maximum absolute atomic E-state index is 14.0. The van der Waals surface area contributed by atoms with Crippen LogP contribution in [0.25, 0.3) is 0 Å². The van der Waals surface area contributed by atoms with Crippen molar-refractivity contribution >= 4 is 23.1 Å². The third kappa shape index (κ3) is 6.30. The molecule has 1 atom stereocenters. The van der Waals surface area contributed by atoms with E-state index in [0.717, 1.165) is 17.2 Å². The van der Waals surface area contributed by atoms with Crippen LogP contribution in [0.5, 0.6) is 0 Å². The van der Waals surface area contributed by atoms with Gasteiger partial charge in [-0.1, -0.05) is 110 Å². The molecule has 0 N–H and O–H groups in total. The highest BCUT2D eigenvalue weighted by atomic mass is 32.2. The molecule has 2 aromatic carbocycles. The lowest BCUT2D eigenvalue weighted by Gasteiger charge is -2.33. The molecule has 0 radical (unpaired) electrons. The van der Waals surface area contributed by atoms with E-state index in [-0.39, 0.29) is 5.03 Å². The predicted molar refractivity (Wildman–Crippen MR) is 141 cm³/mol. The second-order valence-electron chi connectivity index (χ2n) is 9.51. The van der Waals surface area contributed by atoms with Crippen LogP contribution in [0.1, 0.15) is 32.3 Å². The van der Waals surface area contributed by atoms with E-state index >= 15 is 0 Å². The van der Waals surface area contributed by atoms with Gasteiger partial charge in [0.15, 0.2) is 5.03 Å². The smallest absolute Gasteiger partial charge is 0.201 e. The van der Waals surface area contributed by atoms with E-state index in [9.17, 15) is 8.42 Å². The lowest BCUT2D eigenvalue weighted by molar-refractivity contribution is 0.577. The summed E-state index contributed by atoms with van der Waals surface area (Å²) in [4.78, 5) is 4.26. The van der Waals surface area contributed by atoms with Gasteiger partial charge in [-0.25, -0.2) is 13.4 Å². The first-order chi connectivity index (χ1) is 15.7. The van der Waals surface area contributed by atoms with Crippen molar-refractivity contribution in [2.75, 3.05) is 0 Å². The fraction of sp³-hybridized carbons (Fsp3) is 0.321. The Kier molecular flexibility index (Phi) is 8.44. The van der Waals surface area contributed by atoms with Gasteiger partial charge in [0.25, 0.3) is 0 Å². The molecule has 1 aromatic heterocycles. The van der Waals surface area contributed by atoms with Crippen LogP contribution >= 0.6 is 0 Å². The van der Waals surface area contributed by atoms with Crippen molar-refractivity contribution in [2.45, 2.75) is 56.5 Å². The Balaban J connectivity index is 2.13. The van der Waals surface area contributed by atoms with Crippen molar-refractivity contribution in [1.82, 2.24) is 4.98 Å². The van der Waals surface area contributed by atoms with Gasteiger partial charge >= 0.3 is 0 Å². The third-order valence-corrected chi connectivity index (χ3v) is 12.3. The van der Waals surface area contributed by atoms with Gasteiger partial charge in [0.1, 0.15) is 8.07 Å². The summed E-state index contributed by atoms with van der Waals surface area (Å²) in [6.45, 7) is 8.91. The molecule has 3 rings (SSSR count). The first-order valence-electron chi connectivity index (χ1n) is 11.7. The van der Waals surface area contributed by atoms with Crippen molar-refractivity contribution in [3.8, 4) is 0 Å². The molecule has 1 unspecified atom stereocenters. The van der Waals surface area contributed by atoms with Crippen LogP contribution in [0, 0.1) is 5.92 Å². The topological polar surface area (TPSA) is 47.0 Å². The zero-order chi connectivity index (χ0) is 23.9. The third-order valence-electron chi connectivity index (χ3n) is 6.22. The molecule has 3 nitrogen and oxygen atoms in total. The van der Waals surface area contributed by atoms with Crippen molar-refractivity contribution in [3.63, 3.8) is 0 Å². The normalized spacial score (nSPS) is 13.8. The van der Waals surface area contributed by atoms with E-state index in [2.05, 4.69) is 74.4 Å². The molecule has 0 aliphatic carbocycles. The molecule has 0 saturated heterocycles. The van der Waals surface area contributed by atoms with E-state index in [4.69, 9.17) is 0 Å². The second kappa shape index (κ2) is 11.1. The number of benzene rings is 2. The van der Waals surface area contributed by atoms with Gasteiger partial charge in [-0.15, -0.1) is 0 Å². The van der Waals surface area contributed by atoms with Crippen LogP contribution in [0.2, 0.25) is 13.1 Å². The van der Waals surface area contributed by atoms with Gasteiger partial charge in [0, 0.05) is 6.20 Å². The Morgan fingerprint density at radius 3 is 2.09 bits per heavy atom. The van der Waals surface area contributed by atoms with Gasteiger partial charge in [-0.2, -0.15) is 0 Å². The first kappa shape index (κ1) is 25.1. The largest absolute Gasteiger partial charge is 0.245 e. The molecule has 1 heterocycles. The van der Waals surface area contributed by atoms with Crippen molar-refractivity contribution in [1.29, 1.82) is 0 Å². The monoisotopic (exact) mass is 477 g/mol. The number of hydrogen-bond acceptors (Lipinski definition) is 3. The molecule has 174 valence electrons. The minimum Gasteiger partial charge on any atom is -0.245 e. The lowest BCUT2D eigenvalue weighted by Crippen LogP contribution is -2.49. The Bertz CT molecular complexity index is 1140. The number of aromatic nitrogens is 1. The van der Waals surface area contributed by atoms with E-state index in [1.165, 1.54) is 5.19 Å². The van der Waals surface area contributed by atoms with Crippen molar-refractivity contribution < 1.29 is 8.42 Å². The average Bonchev–Trinajstić information content (AvgIpc) is 2.82. The van der Waals surface area contributed by atoms with Gasteiger partial charge in [-0.05, 0) is 42.9 Å². The zero-order valence-corrected chi connectivity index (χ0v) is 21.9. The minimum absolute atomic E-state index is 0.163. The van der Waals surface area contributed by atoms with Crippen LogP contribution in [0.15, 0.2) is 101 Å². The highest BCUT2D eigenvalue weighted by molar-refractivity contribution is 7.92. The summed E-state index contributed by atoms with van der Waals surface area (Å²) in [5, 5.41) is 1.90. The van der Waals surface area contributed by atoms with E-state index in [1.54, 1.807) is 24.4 Å². The van der Waals surface area contributed by atoms with Gasteiger partial charge in [0.05, 0.1) is 5.25 Å². The van der Waals surface area contributed by atoms with E-state index in [0.29, 0.717) is 18.8 Å². The highest BCUT2D eigenvalue weighted by Gasteiger charge is 2.40. The number of nitrogens with zero attached hydrogens (tertiary/aromatic N) is 1. The highest BCUT2D eigenvalue weighted by Crippen LogP contribution is 2.31. The van der Waals surface area contributed by atoms with Crippen LogP contribution in [0.3, 0.4) is 0 Å². The number of allylic oxidation sites excluding steroid dienone is 1. The Hall–Kier alpha value is -2.50. The number of aryl methyl sites for hydroxylation is 1. The van der Waals surface area contributed by atoms with E-state index < -0.39 is 23.2 Å². The van der Waals surface area contributed by atoms with E-state index in [1.807, 2.05) is 24.3 Å². The maximum atomic E-state index is 14.0. The van der Waals surface area contributed by atoms with Crippen molar-refractivity contribution in [3.05, 3.63) is 102 Å². The summed E-state index contributed by atoms with van der Waals surface area (Å²) in [6, 6.07) is 25.7. The van der Waals surface area contributed by atoms with Gasteiger partial charge in [0.2, 0.25) is 9.84 Å². The average molecular weight is 478 g/mol. The number of pyridine rings is 1. The molecular formula is C28H35NO2SSi. The summed E-state index contributed by atoms with van der Waals surface area (Å²) < 4.78 is 28.1. The lowest BCUT2D eigenvalue weighted by atomic mass is 10.1. The number of sulfone groups is 1. The molecule has 33 heavy (non-hydrogen) atoms.